The van der Waals surface area contributed by atoms with Gasteiger partial charge in [0.05, 0.1) is 23.8 Å². The SMILES string of the molecule is CCC(NS(=O)(=O)c1ccccc1C(F)(F)F)c1cccc(-c2ccncc2OC)c1. The van der Waals surface area contributed by atoms with Crippen molar-refractivity contribution < 1.29 is 26.3 Å². The monoisotopic (exact) mass is 450 g/mol. The van der Waals surface area contributed by atoms with Crippen molar-refractivity contribution in [1.29, 1.82) is 0 Å². The minimum absolute atomic E-state index is 0.338. The van der Waals surface area contributed by atoms with Gasteiger partial charge in [-0.2, -0.15) is 13.2 Å². The van der Waals surface area contributed by atoms with E-state index in [2.05, 4.69) is 9.71 Å². The lowest BCUT2D eigenvalue weighted by Gasteiger charge is -2.20. The summed E-state index contributed by atoms with van der Waals surface area (Å²) < 4.78 is 73.4. The second-order valence-corrected chi connectivity index (χ2v) is 8.46. The molecule has 31 heavy (non-hydrogen) atoms. The summed E-state index contributed by atoms with van der Waals surface area (Å²) in [4.78, 5) is 3.22. The Balaban J connectivity index is 1.98. The van der Waals surface area contributed by atoms with E-state index in [9.17, 15) is 21.6 Å². The largest absolute Gasteiger partial charge is 0.494 e. The Morgan fingerprint density at radius 1 is 1.10 bits per heavy atom. The number of rotatable bonds is 7. The van der Waals surface area contributed by atoms with Gasteiger partial charge in [-0.05, 0) is 41.8 Å². The lowest BCUT2D eigenvalue weighted by Crippen LogP contribution is -2.30. The Morgan fingerprint density at radius 2 is 1.84 bits per heavy atom. The van der Waals surface area contributed by atoms with Crippen molar-refractivity contribution in [3.8, 4) is 16.9 Å². The maximum atomic E-state index is 13.3. The molecular formula is C22H21F3N2O3S. The van der Waals surface area contributed by atoms with Crippen LogP contribution in [0.15, 0.2) is 71.9 Å². The van der Waals surface area contributed by atoms with Crippen molar-refractivity contribution in [2.75, 3.05) is 7.11 Å². The van der Waals surface area contributed by atoms with Gasteiger partial charge in [-0.15, -0.1) is 0 Å². The van der Waals surface area contributed by atoms with Gasteiger partial charge in [0, 0.05) is 17.8 Å². The number of hydrogen-bond acceptors (Lipinski definition) is 4. The summed E-state index contributed by atoms with van der Waals surface area (Å²) >= 11 is 0. The molecule has 0 aliphatic rings. The van der Waals surface area contributed by atoms with E-state index in [1.165, 1.54) is 13.2 Å². The first kappa shape index (κ1) is 22.8. The molecule has 1 N–H and O–H groups in total. The number of nitrogens with zero attached hydrogens (tertiary/aromatic N) is 1. The molecule has 1 aromatic heterocycles. The molecule has 0 bridgehead atoms. The van der Waals surface area contributed by atoms with Gasteiger partial charge in [0.25, 0.3) is 0 Å². The minimum atomic E-state index is -4.79. The predicted molar refractivity (Wildman–Crippen MR) is 111 cm³/mol. The second-order valence-electron chi connectivity index (χ2n) is 6.78. The summed E-state index contributed by atoms with van der Waals surface area (Å²) in [5.74, 6) is 0.549. The number of nitrogens with one attached hydrogen (secondary N) is 1. The van der Waals surface area contributed by atoms with E-state index in [-0.39, 0.29) is 0 Å². The summed E-state index contributed by atoms with van der Waals surface area (Å²) in [5, 5.41) is 0. The number of methoxy groups -OCH3 is 1. The lowest BCUT2D eigenvalue weighted by atomic mass is 9.99. The van der Waals surface area contributed by atoms with Crippen LogP contribution in [0.2, 0.25) is 0 Å². The molecule has 0 saturated carbocycles. The van der Waals surface area contributed by atoms with E-state index in [1.807, 2.05) is 6.07 Å². The van der Waals surface area contributed by atoms with Crippen molar-refractivity contribution in [2.45, 2.75) is 30.5 Å². The number of benzene rings is 2. The fourth-order valence-electron chi connectivity index (χ4n) is 3.28. The van der Waals surface area contributed by atoms with Crippen molar-refractivity contribution in [3.05, 3.63) is 78.1 Å². The molecule has 2 aromatic carbocycles. The Hall–Kier alpha value is -2.91. The fourth-order valence-corrected chi connectivity index (χ4v) is 4.81. The number of sulfonamides is 1. The third kappa shape index (κ3) is 5.05. The van der Waals surface area contributed by atoms with E-state index >= 15 is 0 Å². The molecule has 0 fully saturated rings. The zero-order valence-electron chi connectivity index (χ0n) is 16.8. The van der Waals surface area contributed by atoms with Gasteiger partial charge in [-0.1, -0.05) is 37.3 Å². The summed E-state index contributed by atoms with van der Waals surface area (Å²) in [7, 11) is -2.91. The molecule has 5 nitrogen and oxygen atoms in total. The van der Waals surface area contributed by atoms with Crippen LogP contribution in [0.4, 0.5) is 13.2 Å². The lowest BCUT2D eigenvalue weighted by molar-refractivity contribution is -0.139. The Morgan fingerprint density at radius 3 is 2.52 bits per heavy atom. The van der Waals surface area contributed by atoms with Crippen LogP contribution in [0.5, 0.6) is 5.75 Å². The molecule has 1 unspecified atom stereocenters. The first-order chi connectivity index (χ1) is 14.7. The van der Waals surface area contributed by atoms with Crippen molar-refractivity contribution in [3.63, 3.8) is 0 Å². The van der Waals surface area contributed by atoms with Gasteiger partial charge in [-0.25, -0.2) is 13.1 Å². The van der Waals surface area contributed by atoms with Crippen molar-refractivity contribution >= 4 is 10.0 Å². The van der Waals surface area contributed by atoms with Gasteiger partial charge in [0.1, 0.15) is 5.75 Å². The maximum Gasteiger partial charge on any atom is 0.417 e. The fraction of sp³-hybridized carbons (Fsp3) is 0.227. The third-order valence-corrected chi connectivity index (χ3v) is 6.32. The van der Waals surface area contributed by atoms with Gasteiger partial charge >= 0.3 is 6.18 Å². The summed E-state index contributed by atoms with van der Waals surface area (Å²) in [6.45, 7) is 1.75. The van der Waals surface area contributed by atoms with Gasteiger partial charge in [0.2, 0.25) is 10.0 Å². The number of hydrogen-bond donors (Lipinski definition) is 1. The maximum absolute atomic E-state index is 13.3. The van der Waals surface area contributed by atoms with Gasteiger partial charge in [-0.3, -0.25) is 4.98 Å². The highest BCUT2D eigenvalue weighted by molar-refractivity contribution is 7.89. The molecule has 164 valence electrons. The molecule has 9 heteroatoms. The van der Waals surface area contributed by atoms with Crippen LogP contribution in [-0.2, 0) is 16.2 Å². The highest BCUT2D eigenvalue weighted by atomic mass is 32.2. The summed E-state index contributed by atoms with van der Waals surface area (Å²) in [6, 6.07) is 12.3. The highest BCUT2D eigenvalue weighted by Gasteiger charge is 2.37. The number of pyridine rings is 1. The molecular weight excluding hydrogens is 429 g/mol. The van der Waals surface area contributed by atoms with Crippen LogP contribution >= 0.6 is 0 Å². The zero-order chi connectivity index (χ0) is 22.6. The van der Waals surface area contributed by atoms with E-state index in [0.29, 0.717) is 17.7 Å². The number of aromatic nitrogens is 1. The summed E-state index contributed by atoms with van der Waals surface area (Å²) in [5.41, 5.74) is 0.948. The second kappa shape index (κ2) is 9.07. The highest BCUT2D eigenvalue weighted by Crippen LogP contribution is 2.35. The quantitative estimate of drug-likeness (QED) is 0.537. The van der Waals surface area contributed by atoms with Gasteiger partial charge in [0.15, 0.2) is 0 Å². The topological polar surface area (TPSA) is 68.3 Å². The molecule has 0 saturated heterocycles. The first-order valence-corrected chi connectivity index (χ1v) is 10.9. The average Bonchev–Trinajstić information content (AvgIpc) is 2.77. The molecule has 0 spiro atoms. The Bertz CT molecular complexity index is 1160. The van der Waals surface area contributed by atoms with E-state index in [1.54, 1.807) is 43.6 Å². The molecule has 3 aromatic rings. The van der Waals surface area contributed by atoms with Crippen LogP contribution in [0.25, 0.3) is 11.1 Å². The predicted octanol–water partition coefficient (Wildman–Crippen LogP) is 5.21. The molecule has 0 radical (unpaired) electrons. The molecule has 0 amide bonds. The molecule has 1 atom stereocenters. The average molecular weight is 450 g/mol. The van der Waals surface area contributed by atoms with Crippen LogP contribution < -0.4 is 9.46 Å². The number of alkyl halides is 3. The van der Waals surface area contributed by atoms with Crippen LogP contribution in [-0.4, -0.2) is 20.5 Å². The van der Waals surface area contributed by atoms with Crippen molar-refractivity contribution in [2.24, 2.45) is 0 Å². The normalized spacial score (nSPS) is 13.1. The number of ether oxygens (including phenoxy) is 1. The van der Waals surface area contributed by atoms with Crippen LogP contribution in [0.3, 0.4) is 0 Å². The Labute approximate surface area is 179 Å². The van der Waals surface area contributed by atoms with E-state index in [0.717, 1.165) is 29.3 Å². The third-order valence-electron chi connectivity index (χ3n) is 4.79. The molecule has 0 aliphatic heterocycles. The van der Waals surface area contributed by atoms with Crippen LogP contribution in [0, 0.1) is 0 Å². The van der Waals surface area contributed by atoms with E-state index < -0.39 is 32.7 Å². The van der Waals surface area contributed by atoms with E-state index in [4.69, 9.17) is 4.74 Å². The number of halogens is 3. The first-order valence-electron chi connectivity index (χ1n) is 9.44. The van der Waals surface area contributed by atoms with Crippen molar-refractivity contribution in [1.82, 2.24) is 9.71 Å². The standard InChI is InChI=1S/C22H21F3N2O3S/c1-3-19(27-31(28,29)21-10-5-4-9-18(21)22(23,24)25)16-8-6-7-15(13-16)17-11-12-26-14-20(17)30-2/h4-14,19,27H,3H2,1-2H3. The van der Waals surface area contributed by atoms with Crippen LogP contribution in [0.1, 0.15) is 30.5 Å². The molecule has 3 rings (SSSR count). The van der Waals surface area contributed by atoms with Gasteiger partial charge < -0.3 is 4.74 Å². The summed E-state index contributed by atoms with van der Waals surface area (Å²) in [6.07, 6.45) is -1.27. The minimum Gasteiger partial charge on any atom is -0.494 e. The zero-order valence-corrected chi connectivity index (χ0v) is 17.7. The smallest absolute Gasteiger partial charge is 0.417 e. The Kier molecular flexibility index (Phi) is 6.66. The molecule has 1 heterocycles. The molecule has 0 aliphatic carbocycles.